The Morgan fingerprint density at radius 2 is 1.82 bits per heavy atom. The molecule has 0 amide bonds. The van der Waals surface area contributed by atoms with Crippen LogP contribution in [0.3, 0.4) is 0 Å². The standard InChI is InChI=1S/C13H22N2O2/c1-9(2)15-11(8-14)10-5-6-12(16-3)13(7-10)17-4/h5-7,9,11,15H,8,14H2,1-4H3. The van der Waals surface area contributed by atoms with E-state index in [1.165, 1.54) is 0 Å². The van der Waals surface area contributed by atoms with Crippen LogP contribution in [0.25, 0.3) is 0 Å². The number of hydrogen-bond donors (Lipinski definition) is 2. The summed E-state index contributed by atoms with van der Waals surface area (Å²) in [4.78, 5) is 0. The van der Waals surface area contributed by atoms with Gasteiger partial charge >= 0.3 is 0 Å². The molecule has 1 aromatic rings. The number of methoxy groups -OCH3 is 2. The highest BCUT2D eigenvalue weighted by Gasteiger charge is 2.13. The van der Waals surface area contributed by atoms with Crippen molar-refractivity contribution >= 4 is 0 Å². The molecule has 0 aliphatic carbocycles. The second-order valence-electron chi connectivity index (χ2n) is 4.22. The van der Waals surface area contributed by atoms with Gasteiger partial charge < -0.3 is 20.5 Å². The average molecular weight is 238 g/mol. The summed E-state index contributed by atoms with van der Waals surface area (Å²) in [6.45, 7) is 4.75. The van der Waals surface area contributed by atoms with Crippen LogP contribution in [-0.2, 0) is 0 Å². The van der Waals surface area contributed by atoms with Gasteiger partial charge in [0, 0.05) is 18.6 Å². The van der Waals surface area contributed by atoms with Gasteiger partial charge in [0.2, 0.25) is 0 Å². The Morgan fingerprint density at radius 1 is 1.18 bits per heavy atom. The van der Waals surface area contributed by atoms with E-state index in [2.05, 4.69) is 19.2 Å². The molecule has 0 aliphatic rings. The molecule has 0 spiro atoms. The molecular formula is C13H22N2O2. The van der Waals surface area contributed by atoms with Crippen LogP contribution in [0.2, 0.25) is 0 Å². The molecule has 0 aliphatic heterocycles. The van der Waals surface area contributed by atoms with Crippen molar-refractivity contribution in [3.05, 3.63) is 23.8 Å². The van der Waals surface area contributed by atoms with Gasteiger partial charge in [-0.05, 0) is 17.7 Å². The first kappa shape index (κ1) is 13.8. The Kier molecular flexibility index (Phi) is 5.25. The molecule has 1 aromatic carbocycles. The lowest BCUT2D eigenvalue weighted by atomic mass is 10.1. The van der Waals surface area contributed by atoms with Gasteiger partial charge in [0.15, 0.2) is 11.5 Å². The highest BCUT2D eigenvalue weighted by Crippen LogP contribution is 2.29. The summed E-state index contributed by atoms with van der Waals surface area (Å²) in [7, 11) is 3.26. The summed E-state index contributed by atoms with van der Waals surface area (Å²) >= 11 is 0. The maximum atomic E-state index is 5.78. The van der Waals surface area contributed by atoms with Crippen LogP contribution >= 0.6 is 0 Å². The van der Waals surface area contributed by atoms with Crippen LogP contribution in [0.4, 0.5) is 0 Å². The molecule has 4 nitrogen and oxygen atoms in total. The van der Waals surface area contributed by atoms with Gasteiger partial charge in [-0.25, -0.2) is 0 Å². The van der Waals surface area contributed by atoms with Crippen molar-refractivity contribution in [1.29, 1.82) is 0 Å². The fourth-order valence-corrected chi connectivity index (χ4v) is 1.77. The largest absolute Gasteiger partial charge is 0.493 e. The summed E-state index contributed by atoms with van der Waals surface area (Å²) < 4.78 is 10.5. The molecule has 4 heteroatoms. The number of hydrogen-bond acceptors (Lipinski definition) is 4. The molecule has 17 heavy (non-hydrogen) atoms. The first-order chi connectivity index (χ1) is 8.12. The summed E-state index contributed by atoms with van der Waals surface area (Å²) in [6.07, 6.45) is 0. The van der Waals surface area contributed by atoms with Crippen molar-refractivity contribution in [3.8, 4) is 11.5 Å². The normalized spacial score (nSPS) is 12.6. The van der Waals surface area contributed by atoms with E-state index < -0.39 is 0 Å². The van der Waals surface area contributed by atoms with E-state index in [4.69, 9.17) is 15.2 Å². The number of nitrogens with two attached hydrogens (primary N) is 1. The Hall–Kier alpha value is -1.26. The highest BCUT2D eigenvalue weighted by atomic mass is 16.5. The minimum Gasteiger partial charge on any atom is -0.493 e. The topological polar surface area (TPSA) is 56.5 Å². The Balaban J connectivity index is 2.96. The zero-order valence-corrected chi connectivity index (χ0v) is 11.0. The lowest BCUT2D eigenvalue weighted by molar-refractivity contribution is 0.353. The van der Waals surface area contributed by atoms with E-state index in [0.717, 1.165) is 17.1 Å². The van der Waals surface area contributed by atoms with Crippen LogP contribution in [0.1, 0.15) is 25.5 Å². The second-order valence-corrected chi connectivity index (χ2v) is 4.22. The van der Waals surface area contributed by atoms with Crippen molar-refractivity contribution in [3.63, 3.8) is 0 Å². The fourth-order valence-electron chi connectivity index (χ4n) is 1.77. The van der Waals surface area contributed by atoms with E-state index in [1.54, 1.807) is 14.2 Å². The zero-order chi connectivity index (χ0) is 12.8. The Bertz CT molecular complexity index is 353. The molecule has 96 valence electrons. The minimum atomic E-state index is 0.134. The summed E-state index contributed by atoms with van der Waals surface area (Å²) in [5, 5.41) is 3.41. The Morgan fingerprint density at radius 3 is 2.29 bits per heavy atom. The lowest BCUT2D eigenvalue weighted by Crippen LogP contribution is -2.33. The van der Waals surface area contributed by atoms with Gasteiger partial charge in [0.25, 0.3) is 0 Å². The van der Waals surface area contributed by atoms with Gasteiger partial charge in [-0.1, -0.05) is 19.9 Å². The van der Waals surface area contributed by atoms with E-state index in [1.807, 2.05) is 18.2 Å². The Labute approximate surface area is 103 Å². The van der Waals surface area contributed by atoms with Crippen molar-refractivity contribution in [2.45, 2.75) is 25.9 Å². The third kappa shape index (κ3) is 3.61. The zero-order valence-electron chi connectivity index (χ0n) is 11.0. The summed E-state index contributed by atoms with van der Waals surface area (Å²) in [6, 6.07) is 6.39. The summed E-state index contributed by atoms with van der Waals surface area (Å²) in [5.74, 6) is 1.46. The molecule has 1 atom stereocenters. The van der Waals surface area contributed by atoms with Crippen molar-refractivity contribution in [2.75, 3.05) is 20.8 Å². The predicted octanol–water partition coefficient (Wildman–Crippen LogP) is 1.70. The molecule has 1 unspecified atom stereocenters. The smallest absolute Gasteiger partial charge is 0.161 e. The quantitative estimate of drug-likeness (QED) is 0.792. The van der Waals surface area contributed by atoms with Gasteiger partial charge in [0.05, 0.1) is 14.2 Å². The first-order valence-corrected chi connectivity index (χ1v) is 5.80. The lowest BCUT2D eigenvalue weighted by Gasteiger charge is -2.21. The van der Waals surface area contributed by atoms with E-state index >= 15 is 0 Å². The van der Waals surface area contributed by atoms with Crippen molar-refractivity contribution in [1.82, 2.24) is 5.32 Å². The molecule has 0 fully saturated rings. The monoisotopic (exact) mass is 238 g/mol. The molecule has 0 bridgehead atoms. The highest BCUT2D eigenvalue weighted by molar-refractivity contribution is 5.43. The SMILES string of the molecule is COc1ccc(C(CN)NC(C)C)cc1OC. The second kappa shape index (κ2) is 6.47. The van der Waals surface area contributed by atoms with Crippen LogP contribution in [0.5, 0.6) is 11.5 Å². The summed E-state index contributed by atoms with van der Waals surface area (Å²) in [5.41, 5.74) is 6.89. The number of benzene rings is 1. The third-order valence-corrected chi connectivity index (χ3v) is 2.58. The molecule has 0 saturated carbocycles. The average Bonchev–Trinajstić information content (AvgIpc) is 2.34. The van der Waals surface area contributed by atoms with E-state index in [0.29, 0.717) is 12.6 Å². The van der Waals surface area contributed by atoms with Gasteiger partial charge in [-0.2, -0.15) is 0 Å². The molecular weight excluding hydrogens is 216 g/mol. The number of rotatable bonds is 6. The predicted molar refractivity (Wildman–Crippen MR) is 69.6 cm³/mol. The van der Waals surface area contributed by atoms with Gasteiger partial charge in [-0.15, -0.1) is 0 Å². The van der Waals surface area contributed by atoms with Gasteiger partial charge in [-0.3, -0.25) is 0 Å². The van der Waals surface area contributed by atoms with Crippen LogP contribution in [-0.4, -0.2) is 26.8 Å². The van der Waals surface area contributed by atoms with Crippen LogP contribution in [0.15, 0.2) is 18.2 Å². The maximum absolute atomic E-state index is 5.78. The van der Waals surface area contributed by atoms with E-state index in [9.17, 15) is 0 Å². The van der Waals surface area contributed by atoms with Crippen LogP contribution < -0.4 is 20.5 Å². The first-order valence-electron chi connectivity index (χ1n) is 5.80. The molecule has 1 rings (SSSR count). The molecule has 0 heterocycles. The van der Waals surface area contributed by atoms with Crippen molar-refractivity contribution < 1.29 is 9.47 Å². The van der Waals surface area contributed by atoms with Crippen LogP contribution in [0, 0.1) is 0 Å². The number of nitrogens with one attached hydrogen (secondary N) is 1. The molecule has 0 aromatic heterocycles. The third-order valence-electron chi connectivity index (χ3n) is 2.58. The van der Waals surface area contributed by atoms with Gasteiger partial charge in [0.1, 0.15) is 0 Å². The van der Waals surface area contributed by atoms with E-state index in [-0.39, 0.29) is 6.04 Å². The minimum absolute atomic E-state index is 0.134. The number of ether oxygens (including phenoxy) is 2. The maximum Gasteiger partial charge on any atom is 0.161 e. The van der Waals surface area contributed by atoms with Crippen molar-refractivity contribution in [2.24, 2.45) is 5.73 Å². The molecule has 0 radical (unpaired) electrons. The fraction of sp³-hybridized carbons (Fsp3) is 0.538. The molecule has 0 saturated heterocycles. The molecule has 3 N–H and O–H groups in total.